The zero-order valence-electron chi connectivity index (χ0n) is 18.9. The number of fused-ring (bicyclic) bond motifs is 1. The molecule has 2 bridgehead atoms. The molecule has 1 saturated carbocycles. The fraction of sp³-hybridized carbons (Fsp3) is 0.423. The highest BCUT2D eigenvalue weighted by atomic mass is 16.5. The summed E-state index contributed by atoms with van der Waals surface area (Å²) in [6.45, 7) is 7.88. The zero-order valence-corrected chi connectivity index (χ0v) is 18.9. The third-order valence-electron chi connectivity index (χ3n) is 6.95. The minimum atomic E-state index is -0.155. The van der Waals surface area contributed by atoms with Crippen LogP contribution < -0.4 is 19.7 Å². The first-order valence-electron chi connectivity index (χ1n) is 11.1. The van der Waals surface area contributed by atoms with Gasteiger partial charge in [-0.3, -0.25) is 4.90 Å². The van der Waals surface area contributed by atoms with Crippen LogP contribution in [0.2, 0.25) is 0 Å². The molecule has 0 aromatic heterocycles. The first kappa shape index (κ1) is 21.3. The highest BCUT2D eigenvalue weighted by molar-refractivity contribution is 6.02. The summed E-state index contributed by atoms with van der Waals surface area (Å²) < 4.78 is 10.9. The second-order valence-corrected chi connectivity index (χ2v) is 9.00. The molecule has 2 atom stereocenters. The summed E-state index contributed by atoms with van der Waals surface area (Å²) in [6, 6.07) is 15.0. The topological polar surface area (TPSA) is 50.8 Å². The number of carbonyl (C=O) groups is 1. The maximum absolute atomic E-state index is 13.4. The van der Waals surface area contributed by atoms with Crippen LogP contribution in [0.5, 0.6) is 11.5 Å². The third kappa shape index (κ3) is 4.27. The largest absolute Gasteiger partial charge is 0.497 e. The van der Waals surface area contributed by atoms with E-state index in [1.165, 1.54) is 12.0 Å². The fourth-order valence-corrected chi connectivity index (χ4v) is 4.90. The Bertz CT molecular complexity index is 965. The van der Waals surface area contributed by atoms with Gasteiger partial charge in [-0.05, 0) is 73.4 Å². The van der Waals surface area contributed by atoms with Crippen LogP contribution in [0.4, 0.5) is 16.2 Å². The second-order valence-electron chi connectivity index (χ2n) is 9.00. The van der Waals surface area contributed by atoms with Crippen LogP contribution in [0.1, 0.15) is 33.6 Å². The first-order valence-corrected chi connectivity index (χ1v) is 11.1. The van der Waals surface area contributed by atoms with E-state index in [-0.39, 0.29) is 6.03 Å². The molecule has 1 fully saturated rings. The van der Waals surface area contributed by atoms with Gasteiger partial charge in [-0.25, -0.2) is 4.79 Å². The van der Waals surface area contributed by atoms with Gasteiger partial charge in [-0.15, -0.1) is 0 Å². The van der Waals surface area contributed by atoms with Gasteiger partial charge in [0, 0.05) is 24.0 Å². The number of urea groups is 1. The van der Waals surface area contributed by atoms with Crippen LogP contribution in [-0.4, -0.2) is 26.3 Å². The number of ether oxygens (including phenoxy) is 2. The molecule has 0 radical (unpaired) electrons. The summed E-state index contributed by atoms with van der Waals surface area (Å²) in [4.78, 5) is 15.2. The lowest BCUT2D eigenvalue weighted by Crippen LogP contribution is -2.50. The standard InChI is InChI=1S/C26H32N2O3/c1-5-31-22-13-11-21(12-14-22)28(17-18-9-10-19-15-24(18)26(19,2)3)25(29)27-20-7-6-8-23(16-20)30-4/h6-9,11-14,16,19,24H,5,10,15,17H2,1-4H3,(H,27,29). The van der Waals surface area contributed by atoms with Crippen LogP contribution in [0, 0.1) is 17.3 Å². The van der Waals surface area contributed by atoms with Crippen molar-refractivity contribution in [3.63, 3.8) is 0 Å². The maximum atomic E-state index is 13.4. The molecule has 2 aromatic carbocycles. The molecular weight excluding hydrogens is 388 g/mol. The molecule has 2 unspecified atom stereocenters. The van der Waals surface area contributed by atoms with Crippen molar-refractivity contribution in [1.29, 1.82) is 0 Å². The van der Waals surface area contributed by atoms with Gasteiger partial charge in [0.1, 0.15) is 11.5 Å². The van der Waals surface area contributed by atoms with Gasteiger partial charge in [0.25, 0.3) is 0 Å². The average Bonchev–Trinajstić information content (AvgIpc) is 2.78. The average molecular weight is 421 g/mol. The molecule has 5 rings (SSSR count). The van der Waals surface area contributed by atoms with Crippen LogP contribution in [0.15, 0.2) is 60.2 Å². The van der Waals surface area contributed by atoms with Crippen molar-refractivity contribution < 1.29 is 14.3 Å². The molecule has 3 aliphatic rings. The molecule has 5 nitrogen and oxygen atoms in total. The van der Waals surface area contributed by atoms with E-state index in [9.17, 15) is 4.79 Å². The van der Waals surface area contributed by atoms with E-state index in [4.69, 9.17) is 9.47 Å². The van der Waals surface area contributed by atoms with Gasteiger partial charge in [0.2, 0.25) is 0 Å². The summed E-state index contributed by atoms with van der Waals surface area (Å²) in [7, 11) is 1.62. The van der Waals surface area contributed by atoms with Crippen LogP contribution >= 0.6 is 0 Å². The molecule has 1 N–H and O–H groups in total. The molecule has 31 heavy (non-hydrogen) atoms. The van der Waals surface area contributed by atoms with Gasteiger partial charge < -0.3 is 14.8 Å². The Labute approximate surface area is 185 Å². The molecule has 164 valence electrons. The van der Waals surface area contributed by atoms with Crippen LogP contribution in [0.3, 0.4) is 0 Å². The number of carbonyl (C=O) groups excluding carboxylic acids is 1. The monoisotopic (exact) mass is 420 g/mol. The number of amides is 2. The lowest BCUT2D eigenvalue weighted by molar-refractivity contribution is -0.00666. The Balaban J connectivity index is 1.59. The summed E-state index contributed by atoms with van der Waals surface area (Å²) in [5.74, 6) is 2.83. The maximum Gasteiger partial charge on any atom is 0.326 e. The number of methoxy groups -OCH3 is 1. The molecule has 2 amide bonds. The number of rotatable bonds is 7. The van der Waals surface area contributed by atoms with E-state index in [0.29, 0.717) is 35.9 Å². The van der Waals surface area contributed by atoms with E-state index in [1.54, 1.807) is 7.11 Å². The highest BCUT2D eigenvalue weighted by Crippen LogP contribution is 2.59. The quantitative estimate of drug-likeness (QED) is 0.549. The number of benzene rings is 2. The van der Waals surface area contributed by atoms with E-state index in [1.807, 2.05) is 60.4 Å². The van der Waals surface area contributed by atoms with Crippen molar-refractivity contribution in [2.24, 2.45) is 17.3 Å². The summed E-state index contributed by atoms with van der Waals surface area (Å²) in [5.41, 5.74) is 3.24. The van der Waals surface area contributed by atoms with Gasteiger partial charge in [-0.2, -0.15) is 0 Å². The Morgan fingerprint density at radius 2 is 1.94 bits per heavy atom. The van der Waals surface area contributed by atoms with E-state index in [2.05, 4.69) is 25.2 Å². The minimum Gasteiger partial charge on any atom is -0.497 e. The Morgan fingerprint density at radius 3 is 2.58 bits per heavy atom. The molecule has 0 spiro atoms. The number of anilines is 2. The van der Waals surface area contributed by atoms with E-state index in [0.717, 1.165) is 23.8 Å². The molecular formula is C26H32N2O3. The van der Waals surface area contributed by atoms with Gasteiger partial charge >= 0.3 is 6.03 Å². The first-order chi connectivity index (χ1) is 14.9. The van der Waals surface area contributed by atoms with E-state index < -0.39 is 0 Å². The lowest BCUT2D eigenvalue weighted by Gasteiger charge is -2.57. The van der Waals surface area contributed by atoms with Crippen LogP contribution in [-0.2, 0) is 0 Å². The van der Waals surface area contributed by atoms with Gasteiger partial charge in [0.05, 0.1) is 13.7 Å². The van der Waals surface area contributed by atoms with Gasteiger partial charge in [0.15, 0.2) is 0 Å². The predicted molar refractivity (Wildman–Crippen MR) is 125 cm³/mol. The van der Waals surface area contributed by atoms with Crippen molar-refractivity contribution in [1.82, 2.24) is 0 Å². The summed E-state index contributed by atoms with van der Waals surface area (Å²) in [6.07, 6.45) is 4.69. The number of allylic oxidation sites excluding steroid dienone is 1. The van der Waals surface area contributed by atoms with Crippen molar-refractivity contribution >= 4 is 17.4 Å². The smallest absolute Gasteiger partial charge is 0.326 e. The molecule has 3 aliphatic carbocycles. The lowest BCUT2D eigenvalue weighted by atomic mass is 9.49. The number of nitrogens with zero attached hydrogens (tertiary/aromatic N) is 1. The molecule has 0 saturated heterocycles. The van der Waals surface area contributed by atoms with Crippen molar-refractivity contribution in [2.75, 3.05) is 30.5 Å². The van der Waals surface area contributed by atoms with Crippen molar-refractivity contribution in [3.8, 4) is 11.5 Å². The highest BCUT2D eigenvalue weighted by Gasteiger charge is 2.51. The Morgan fingerprint density at radius 1 is 1.16 bits per heavy atom. The number of hydrogen-bond donors (Lipinski definition) is 1. The SMILES string of the molecule is CCOc1ccc(N(CC2=CCC3CC2C3(C)C)C(=O)Nc2cccc(OC)c2)cc1. The zero-order chi connectivity index (χ0) is 22.0. The molecule has 0 aliphatic heterocycles. The molecule has 5 heteroatoms. The van der Waals surface area contributed by atoms with Gasteiger partial charge in [-0.1, -0.05) is 31.6 Å². The minimum absolute atomic E-state index is 0.155. The molecule has 0 heterocycles. The van der Waals surface area contributed by atoms with E-state index >= 15 is 0 Å². The van der Waals surface area contributed by atoms with Crippen molar-refractivity contribution in [2.45, 2.75) is 33.6 Å². The summed E-state index contributed by atoms with van der Waals surface area (Å²) in [5, 5.41) is 3.04. The second kappa shape index (κ2) is 8.66. The van der Waals surface area contributed by atoms with Crippen LogP contribution in [0.25, 0.3) is 0 Å². The predicted octanol–water partition coefficient (Wildman–Crippen LogP) is 6.12. The third-order valence-corrected chi connectivity index (χ3v) is 6.95. The summed E-state index contributed by atoms with van der Waals surface area (Å²) >= 11 is 0. The number of nitrogens with one attached hydrogen (secondary N) is 1. The Kier molecular flexibility index (Phi) is 5.94. The molecule has 2 aromatic rings. The fourth-order valence-electron chi connectivity index (χ4n) is 4.90. The van der Waals surface area contributed by atoms with Crippen molar-refractivity contribution in [3.05, 3.63) is 60.2 Å². The Hall–Kier alpha value is -2.95. The number of hydrogen-bond acceptors (Lipinski definition) is 3. The normalized spacial score (nSPS) is 20.8.